The van der Waals surface area contributed by atoms with Gasteiger partial charge < -0.3 is 9.47 Å². The van der Waals surface area contributed by atoms with Crippen LogP contribution in [0.1, 0.15) is 0 Å². The molecule has 1 aliphatic heterocycles. The summed E-state index contributed by atoms with van der Waals surface area (Å²) >= 11 is 0. The topological polar surface area (TPSA) is 59.7 Å². The average molecular weight is 717 g/mol. The van der Waals surface area contributed by atoms with Crippen LogP contribution in [-0.4, -0.2) is 24.5 Å². The van der Waals surface area contributed by atoms with Gasteiger partial charge in [0, 0.05) is 62.4 Å². The number of para-hydroxylation sites is 3. The Balaban J connectivity index is 1.10. The van der Waals surface area contributed by atoms with Gasteiger partial charge in [0.25, 0.3) is 0 Å². The molecule has 0 unspecified atom stereocenters. The Labute approximate surface area is 323 Å². The van der Waals surface area contributed by atoms with E-state index in [-0.39, 0.29) is 0 Å². The second-order valence-corrected chi connectivity index (χ2v) is 13.9. The van der Waals surface area contributed by atoms with Gasteiger partial charge in [-0.2, -0.15) is 0 Å². The number of fused-ring (bicyclic) bond motifs is 8. The molecule has 262 valence electrons. The summed E-state index contributed by atoms with van der Waals surface area (Å²) in [6, 6.07) is 63.6. The second kappa shape index (κ2) is 13.0. The van der Waals surface area contributed by atoms with Crippen molar-refractivity contribution in [3.8, 4) is 62.1 Å². The number of hydrogen-bond acceptors (Lipinski definition) is 5. The molecule has 0 N–H and O–H groups in total. The van der Waals surface area contributed by atoms with Crippen molar-refractivity contribution in [1.29, 1.82) is 0 Å². The molecule has 11 rings (SSSR count). The molecule has 3 aromatic heterocycles. The van der Waals surface area contributed by atoms with Crippen LogP contribution in [0.25, 0.3) is 83.9 Å². The molecule has 0 saturated heterocycles. The normalized spacial score (nSPS) is 11.9. The van der Waals surface area contributed by atoms with Crippen LogP contribution in [0.2, 0.25) is 0 Å². The summed E-state index contributed by atoms with van der Waals surface area (Å²) in [6.45, 7) is 0. The maximum Gasteiger partial charge on any atom is 0.164 e. The zero-order chi connectivity index (χ0) is 37.0. The highest BCUT2D eigenvalue weighted by Gasteiger charge is 2.27. The quantitative estimate of drug-likeness (QED) is 0.177. The lowest BCUT2D eigenvalue weighted by molar-refractivity contribution is 1.07. The Kier molecular flexibility index (Phi) is 7.38. The molecule has 0 aliphatic carbocycles. The molecule has 0 radical (unpaired) electrons. The summed E-state index contributed by atoms with van der Waals surface area (Å²) in [4.78, 5) is 21.8. The summed E-state index contributed by atoms with van der Waals surface area (Å²) in [6.07, 6.45) is 3.86. The smallest absolute Gasteiger partial charge is 0.164 e. The fourth-order valence-electron chi connectivity index (χ4n) is 8.11. The summed E-state index contributed by atoms with van der Waals surface area (Å²) in [5, 5.41) is 2.25. The largest absolute Gasteiger partial charge is 0.309 e. The van der Waals surface area contributed by atoms with Crippen molar-refractivity contribution >= 4 is 38.9 Å². The predicted molar refractivity (Wildman–Crippen MR) is 227 cm³/mol. The van der Waals surface area contributed by atoms with Crippen molar-refractivity contribution in [3.63, 3.8) is 0 Å². The van der Waals surface area contributed by atoms with E-state index >= 15 is 0 Å². The molecule has 0 atom stereocenters. The molecule has 7 aromatic carbocycles. The van der Waals surface area contributed by atoms with E-state index in [9.17, 15) is 0 Å². The van der Waals surface area contributed by atoms with E-state index in [1.54, 1.807) is 0 Å². The van der Waals surface area contributed by atoms with Crippen LogP contribution in [-0.2, 0) is 0 Å². The third-order valence-corrected chi connectivity index (χ3v) is 10.7. The van der Waals surface area contributed by atoms with E-state index < -0.39 is 0 Å². The van der Waals surface area contributed by atoms with Gasteiger partial charge in [-0.25, -0.2) is 15.0 Å². The summed E-state index contributed by atoms with van der Waals surface area (Å²) < 4.78 is 2.35. The molecule has 0 amide bonds. The second-order valence-electron chi connectivity index (χ2n) is 13.9. The molecule has 0 spiro atoms. The lowest BCUT2D eigenvalue weighted by Crippen LogP contribution is -2.10. The Hall–Kier alpha value is -7.70. The number of pyridine rings is 1. The van der Waals surface area contributed by atoms with Gasteiger partial charge in [0.1, 0.15) is 0 Å². The van der Waals surface area contributed by atoms with Gasteiger partial charge >= 0.3 is 0 Å². The van der Waals surface area contributed by atoms with E-state index in [2.05, 4.69) is 136 Å². The Morgan fingerprint density at radius 1 is 0.357 bits per heavy atom. The summed E-state index contributed by atoms with van der Waals surface area (Å²) in [5.74, 6) is 1.91. The summed E-state index contributed by atoms with van der Waals surface area (Å²) in [5.41, 5.74) is 14.2. The van der Waals surface area contributed by atoms with Gasteiger partial charge in [-0.3, -0.25) is 4.98 Å². The third-order valence-electron chi connectivity index (χ3n) is 10.7. The number of anilines is 3. The number of nitrogens with zero attached hydrogens (tertiary/aromatic N) is 6. The zero-order valence-electron chi connectivity index (χ0n) is 30.2. The number of benzene rings is 7. The molecular weight excluding hydrogens is 685 g/mol. The van der Waals surface area contributed by atoms with Gasteiger partial charge in [0.2, 0.25) is 0 Å². The minimum Gasteiger partial charge on any atom is -0.309 e. The maximum absolute atomic E-state index is 4.98. The first-order valence-electron chi connectivity index (χ1n) is 18.7. The number of aromatic nitrogens is 5. The highest BCUT2D eigenvalue weighted by molar-refractivity contribution is 6.14. The van der Waals surface area contributed by atoms with E-state index in [1.165, 1.54) is 22.3 Å². The number of hydrogen-bond donors (Lipinski definition) is 0. The lowest BCUT2D eigenvalue weighted by Gasteiger charge is -2.27. The van der Waals surface area contributed by atoms with Gasteiger partial charge in [0.05, 0.1) is 22.4 Å². The molecular formula is C50H32N6. The van der Waals surface area contributed by atoms with Crippen LogP contribution in [0, 0.1) is 0 Å². The van der Waals surface area contributed by atoms with E-state index in [4.69, 9.17) is 15.0 Å². The lowest BCUT2D eigenvalue weighted by atomic mass is 9.93. The molecule has 10 aromatic rings. The maximum atomic E-state index is 4.98. The number of rotatable bonds is 5. The molecule has 0 fully saturated rings. The molecule has 6 heteroatoms. The van der Waals surface area contributed by atoms with Crippen LogP contribution in [0.5, 0.6) is 0 Å². The molecule has 0 saturated carbocycles. The third kappa shape index (κ3) is 5.19. The van der Waals surface area contributed by atoms with Crippen molar-refractivity contribution < 1.29 is 0 Å². The molecule has 1 aliphatic rings. The minimum atomic E-state index is 0.624. The van der Waals surface area contributed by atoms with Crippen molar-refractivity contribution in [2.24, 2.45) is 0 Å². The van der Waals surface area contributed by atoms with E-state index in [0.29, 0.717) is 17.5 Å². The van der Waals surface area contributed by atoms with Gasteiger partial charge in [-0.15, -0.1) is 0 Å². The van der Waals surface area contributed by atoms with Crippen molar-refractivity contribution in [2.45, 2.75) is 0 Å². The predicted octanol–water partition coefficient (Wildman–Crippen LogP) is 12.5. The highest BCUT2D eigenvalue weighted by Crippen LogP contribution is 2.52. The summed E-state index contributed by atoms with van der Waals surface area (Å²) in [7, 11) is 0. The van der Waals surface area contributed by atoms with Crippen molar-refractivity contribution in [3.05, 3.63) is 194 Å². The Bertz CT molecular complexity index is 3010. The van der Waals surface area contributed by atoms with Crippen LogP contribution in [0.15, 0.2) is 194 Å². The standard InChI is InChI=1S/C50H32N6/c1-4-14-33(15-5-1)48-52-49(34-16-6-2-7-17-34)54-50(53-48)35-24-26-37(27-25-35)56-46-28-29-51-32-43(46)42-30-40-38-20-10-12-22-44(38)55(36-18-8-3-9-19-36)45-23-13-11-21-39(45)41(40)31-47(42)56/h1-32H. The Morgan fingerprint density at radius 3 is 1.45 bits per heavy atom. The zero-order valence-corrected chi connectivity index (χ0v) is 30.2. The van der Waals surface area contributed by atoms with Gasteiger partial charge in [0.15, 0.2) is 17.5 Å². The van der Waals surface area contributed by atoms with Gasteiger partial charge in [-0.1, -0.05) is 115 Å². The van der Waals surface area contributed by atoms with Crippen molar-refractivity contribution in [2.75, 3.05) is 4.90 Å². The van der Waals surface area contributed by atoms with Crippen LogP contribution < -0.4 is 4.90 Å². The average Bonchev–Trinajstić information content (AvgIpc) is 3.54. The molecule has 4 heterocycles. The first-order chi connectivity index (χ1) is 27.8. The fourth-order valence-corrected chi connectivity index (χ4v) is 8.11. The monoisotopic (exact) mass is 716 g/mol. The molecule has 0 bridgehead atoms. The van der Waals surface area contributed by atoms with Crippen LogP contribution in [0.4, 0.5) is 17.1 Å². The van der Waals surface area contributed by atoms with Crippen molar-refractivity contribution in [1.82, 2.24) is 24.5 Å². The van der Waals surface area contributed by atoms with E-state index in [0.717, 1.165) is 61.2 Å². The molecule has 6 nitrogen and oxygen atoms in total. The highest BCUT2D eigenvalue weighted by atomic mass is 15.1. The Morgan fingerprint density at radius 2 is 0.857 bits per heavy atom. The first kappa shape index (κ1) is 31.8. The minimum absolute atomic E-state index is 0.624. The molecule has 56 heavy (non-hydrogen) atoms. The van der Waals surface area contributed by atoms with Crippen LogP contribution >= 0.6 is 0 Å². The van der Waals surface area contributed by atoms with Gasteiger partial charge in [-0.05, 0) is 77.9 Å². The van der Waals surface area contributed by atoms with E-state index in [1.807, 2.05) is 73.1 Å². The first-order valence-corrected chi connectivity index (χ1v) is 18.7. The SMILES string of the molecule is c1ccc(-c2nc(-c3ccccc3)nc(-c3ccc(-n4c5ccncc5c5cc6c(cc54)-c4ccccc4N(c4ccccc4)c4ccccc4-6)cc3)n2)cc1. The fraction of sp³-hybridized carbons (Fsp3) is 0. The van der Waals surface area contributed by atoms with Crippen LogP contribution in [0.3, 0.4) is 0 Å².